The lowest BCUT2D eigenvalue weighted by Crippen LogP contribution is -2.45. The molecule has 6 heteroatoms. The lowest BCUT2D eigenvalue weighted by molar-refractivity contribution is 0.176. The van der Waals surface area contributed by atoms with Gasteiger partial charge in [0.2, 0.25) is 5.96 Å². The SMILES string of the molecule is CCSc1ccc(C2CN=C(NC(=O)OC)NC2)cc1. The first-order chi connectivity index (χ1) is 9.72. The summed E-state index contributed by atoms with van der Waals surface area (Å²) in [5, 5.41) is 5.65. The van der Waals surface area contributed by atoms with Gasteiger partial charge in [-0.25, -0.2) is 4.79 Å². The van der Waals surface area contributed by atoms with E-state index in [2.05, 4.69) is 51.6 Å². The summed E-state index contributed by atoms with van der Waals surface area (Å²) in [6.45, 7) is 3.56. The normalized spacial score (nSPS) is 17.9. The molecule has 1 amide bonds. The maximum absolute atomic E-state index is 11.1. The molecule has 1 aliphatic heterocycles. The molecule has 20 heavy (non-hydrogen) atoms. The largest absolute Gasteiger partial charge is 0.453 e. The molecule has 2 N–H and O–H groups in total. The number of benzene rings is 1. The van der Waals surface area contributed by atoms with E-state index < -0.39 is 6.09 Å². The summed E-state index contributed by atoms with van der Waals surface area (Å²) in [4.78, 5) is 16.7. The van der Waals surface area contributed by atoms with Gasteiger partial charge in [-0.2, -0.15) is 0 Å². The van der Waals surface area contributed by atoms with Crippen LogP contribution in [0.4, 0.5) is 4.79 Å². The van der Waals surface area contributed by atoms with Crippen molar-refractivity contribution < 1.29 is 9.53 Å². The van der Waals surface area contributed by atoms with Crippen LogP contribution in [0.3, 0.4) is 0 Å². The zero-order valence-corrected chi connectivity index (χ0v) is 12.5. The van der Waals surface area contributed by atoms with Crippen LogP contribution in [-0.4, -0.2) is 38.0 Å². The highest BCUT2D eigenvalue weighted by atomic mass is 32.2. The quantitative estimate of drug-likeness (QED) is 0.839. The molecule has 0 bridgehead atoms. The van der Waals surface area contributed by atoms with Crippen molar-refractivity contribution in [2.24, 2.45) is 4.99 Å². The van der Waals surface area contributed by atoms with E-state index in [1.807, 2.05) is 11.8 Å². The Morgan fingerprint density at radius 2 is 2.25 bits per heavy atom. The minimum absolute atomic E-state index is 0.332. The van der Waals surface area contributed by atoms with E-state index in [1.165, 1.54) is 17.6 Å². The first-order valence-electron chi connectivity index (χ1n) is 6.59. The number of alkyl carbamates (subject to hydrolysis) is 1. The Balaban J connectivity index is 1.94. The number of thioether (sulfide) groups is 1. The van der Waals surface area contributed by atoms with E-state index in [4.69, 9.17) is 0 Å². The summed E-state index contributed by atoms with van der Waals surface area (Å²) in [6, 6.07) is 8.60. The van der Waals surface area contributed by atoms with Gasteiger partial charge in [0.15, 0.2) is 0 Å². The van der Waals surface area contributed by atoms with Gasteiger partial charge in [0.05, 0.1) is 13.7 Å². The van der Waals surface area contributed by atoms with Crippen LogP contribution in [0.5, 0.6) is 0 Å². The van der Waals surface area contributed by atoms with Crippen LogP contribution in [-0.2, 0) is 4.74 Å². The Kier molecular flexibility index (Phi) is 5.29. The van der Waals surface area contributed by atoms with Gasteiger partial charge in [-0.1, -0.05) is 19.1 Å². The third-order valence-electron chi connectivity index (χ3n) is 3.05. The van der Waals surface area contributed by atoms with Gasteiger partial charge >= 0.3 is 6.09 Å². The Labute approximate surface area is 123 Å². The predicted molar refractivity (Wildman–Crippen MR) is 81.4 cm³/mol. The van der Waals surface area contributed by atoms with E-state index in [0.717, 1.165) is 12.3 Å². The van der Waals surface area contributed by atoms with Crippen molar-refractivity contribution in [1.82, 2.24) is 10.6 Å². The highest BCUT2D eigenvalue weighted by Gasteiger charge is 2.18. The molecule has 2 rings (SSSR count). The Bertz CT molecular complexity index is 488. The summed E-state index contributed by atoms with van der Waals surface area (Å²) in [6.07, 6.45) is -0.504. The van der Waals surface area contributed by atoms with E-state index in [9.17, 15) is 4.79 Å². The highest BCUT2D eigenvalue weighted by molar-refractivity contribution is 7.99. The summed E-state index contributed by atoms with van der Waals surface area (Å²) in [7, 11) is 1.33. The minimum Gasteiger partial charge on any atom is -0.453 e. The number of ether oxygens (including phenoxy) is 1. The highest BCUT2D eigenvalue weighted by Crippen LogP contribution is 2.22. The molecule has 1 aromatic rings. The van der Waals surface area contributed by atoms with Gasteiger partial charge in [-0.3, -0.25) is 10.3 Å². The first kappa shape index (κ1) is 14.7. The lowest BCUT2D eigenvalue weighted by atomic mass is 9.98. The van der Waals surface area contributed by atoms with Crippen LogP contribution in [0.25, 0.3) is 0 Å². The molecule has 0 saturated heterocycles. The molecule has 1 unspecified atom stereocenters. The zero-order chi connectivity index (χ0) is 14.4. The second-order valence-electron chi connectivity index (χ2n) is 4.39. The maximum atomic E-state index is 11.1. The summed E-state index contributed by atoms with van der Waals surface area (Å²) in [5.74, 6) is 1.89. The number of rotatable bonds is 3. The second-order valence-corrected chi connectivity index (χ2v) is 5.72. The Hall–Kier alpha value is -1.69. The molecule has 0 saturated carbocycles. The number of nitrogens with zero attached hydrogens (tertiary/aromatic N) is 1. The zero-order valence-electron chi connectivity index (χ0n) is 11.7. The molecular weight excluding hydrogens is 274 g/mol. The Morgan fingerprint density at radius 3 is 2.80 bits per heavy atom. The number of hydrogen-bond donors (Lipinski definition) is 2. The van der Waals surface area contributed by atoms with E-state index in [1.54, 1.807) is 0 Å². The molecule has 0 fully saturated rings. The van der Waals surface area contributed by atoms with Gasteiger partial charge in [-0.15, -0.1) is 11.8 Å². The molecule has 1 heterocycles. The molecule has 1 aliphatic rings. The van der Waals surface area contributed by atoms with Gasteiger partial charge in [0.25, 0.3) is 0 Å². The van der Waals surface area contributed by atoms with E-state index >= 15 is 0 Å². The third-order valence-corrected chi connectivity index (χ3v) is 3.95. The number of carbonyl (C=O) groups is 1. The van der Waals surface area contributed by atoms with E-state index in [0.29, 0.717) is 18.4 Å². The summed E-state index contributed by atoms with van der Waals surface area (Å²) < 4.78 is 4.53. The first-order valence-corrected chi connectivity index (χ1v) is 7.57. The molecule has 0 spiro atoms. The molecule has 1 aromatic carbocycles. The van der Waals surface area contributed by atoms with Crippen molar-refractivity contribution in [1.29, 1.82) is 0 Å². The van der Waals surface area contributed by atoms with Gasteiger partial charge in [0.1, 0.15) is 0 Å². The van der Waals surface area contributed by atoms with Crippen LogP contribution in [0.2, 0.25) is 0 Å². The molecule has 1 atom stereocenters. The standard InChI is InChI=1S/C14H19N3O2S/c1-3-20-12-6-4-10(5-7-12)11-8-15-13(16-9-11)17-14(18)19-2/h4-7,11H,3,8-9H2,1-2H3,(H2,15,16,17,18). The van der Waals surface area contributed by atoms with Crippen molar-refractivity contribution in [3.63, 3.8) is 0 Å². The molecule has 0 aromatic heterocycles. The fourth-order valence-electron chi connectivity index (χ4n) is 2.00. The van der Waals surface area contributed by atoms with Gasteiger partial charge in [-0.05, 0) is 23.4 Å². The molecule has 0 aliphatic carbocycles. The summed E-state index contributed by atoms with van der Waals surface area (Å²) >= 11 is 1.84. The minimum atomic E-state index is -0.504. The van der Waals surface area contributed by atoms with Crippen LogP contribution >= 0.6 is 11.8 Å². The predicted octanol–water partition coefficient (Wildman–Crippen LogP) is 2.20. The number of nitrogens with one attached hydrogen (secondary N) is 2. The summed E-state index contributed by atoms with van der Waals surface area (Å²) in [5.41, 5.74) is 1.26. The number of methoxy groups -OCH3 is 1. The molecule has 108 valence electrons. The van der Waals surface area contributed by atoms with Crippen molar-refractivity contribution >= 4 is 23.8 Å². The monoisotopic (exact) mass is 293 g/mol. The second kappa shape index (κ2) is 7.19. The van der Waals surface area contributed by atoms with E-state index in [-0.39, 0.29) is 0 Å². The van der Waals surface area contributed by atoms with Gasteiger partial charge < -0.3 is 10.1 Å². The van der Waals surface area contributed by atoms with Crippen LogP contribution in [0.1, 0.15) is 18.4 Å². The molecule has 5 nitrogen and oxygen atoms in total. The Morgan fingerprint density at radius 1 is 1.50 bits per heavy atom. The fraction of sp³-hybridized carbons (Fsp3) is 0.429. The number of hydrogen-bond acceptors (Lipinski definition) is 5. The lowest BCUT2D eigenvalue weighted by Gasteiger charge is -2.23. The van der Waals surface area contributed by atoms with Crippen molar-refractivity contribution in [3.8, 4) is 0 Å². The number of guanidine groups is 1. The van der Waals surface area contributed by atoms with Gasteiger partial charge in [0, 0.05) is 17.4 Å². The number of carbonyl (C=O) groups excluding carboxylic acids is 1. The van der Waals surface area contributed by atoms with Crippen LogP contribution in [0, 0.1) is 0 Å². The van der Waals surface area contributed by atoms with Crippen molar-refractivity contribution in [2.75, 3.05) is 26.0 Å². The fourth-order valence-corrected chi connectivity index (χ4v) is 2.66. The number of amides is 1. The average Bonchev–Trinajstić information content (AvgIpc) is 2.49. The number of aliphatic imine (C=N–C) groups is 1. The maximum Gasteiger partial charge on any atom is 0.413 e. The third kappa shape index (κ3) is 3.90. The molecular formula is C14H19N3O2S. The topological polar surface area (TPSA) is 62.7 Å². The molecule has 0 radical (unpaired) electrons. The van der Waals surface area contributed by atoms with Crippen molar-refractivity contribution in [2.45, 2.75) is 17.7 Å². The van der Waals surface area contributed by atoms with Crippen LogP contribution in [0.15, 0.2) is 34.2 Å². The smallest absolute Gasteiger partial charge is 0.413 e. The average molecular weight is 293 g/mol. The van der Waals surface area contributed by atoms with Crippen molar-refractivity contribution in [3.05, 3.63) is 29.8 Å². The van der Waals surface area contributed by atoms with Crippen LogP contribution < -0.4 is 10.6 Å².